The van der Waals surface area contributed by atoms with E-state index < -0.39 is 0 Å². The van der Waals surface area contributed by atoms with Gasteiger partial charge >= 0.3 is 0 Å². The van der Waals surface area contributed by atoms with Crippen LogP contribution in [0.15, 0.2) is 48.5 Å². The largest absolute Gasteiger partial charge is 0.494 e. The molecule has 0 spiro atoms. The Kier molecular flexibility index (Phi) is 7.29. The lowest BCUT2D eigenvalue weighted by atomic mass is 9.78. The van der Waals surface area contributed by atoms with Crippen molar-refractivity contribution >= 4 is 0 Å². The quantitative estimate of drug-likeness (QED) is 0.650. The molecule has 0 aliphatic rings. The first kappa shape index (κ1) is 19.3. The summed E-state index contributed by atoms with van der Waals surface area (Å²) in [4.78, 5) is 0. The van der Waals surface area contributed by atoms with Crippen molar-refractivity contribution in [3.05, 3.63) is 66.6 Å². The van der Waals surface area contributed by atoms with Crippen LogP contribution in [0.5, 0.6) is 11.5 Å². The summed E-state index contributed by atoms with van der Waals surface area (Å²) in [5.74, 6) is 1.58. The second kappa shape index (κ2) is 9.44. The normalized spacial score (nSPS) is 11.4. The van der Waals surface area contributed by atoms with Crippen LogP contribution in [-0.4, -0.2) is 36.6 Å². The van der Waals surface area contributed by atoms with Gasteiger partial charge in [0.15, 0.2) is 0 Å². The lowest BCUT2D eigenvalue weighted by molar-refractivity contribution is 0.233. The molecule has 2 rings (SSSR count). The van der Waals surface area contributed by atoms with E-state index in [1.54, 1.807) is 0 Å². The second-order valence-electron chi connectivity index (χ2n) is 6.23. The SMILES string of the molecule is [CH2]C(C)(c1ccc(OCCCO)cc1)c1ccc(OCCCO)cc1. The minimum atomic E-state index is -0.382. The molecule has 2 N–H and O–H groups in total. The third kappa shape index (κ3) is 5.48. The van der Waals surface area contributed by atoms with E-state index in [1.807, 2.05) is 48.5 Å². The molecule has 4 nitrogen and oxygen atoms in total. The second-order valence-corrected chi connectivity index (χ2v) is 6.23. The highest BCUT2D eigenvalue weighted by molar-refractivity contribution is 5.43. The van der Waals surface area contributed by atoms with Gasteiger partial charge in [-0.3, -0.25) is 0 Å². The third-order valence-electron chi connectivity index (χ3n) is 4.13. The van der Waals surface area contributed by atoms with E-state index in [0.717, 1.165) is 22.6 Å². The minimum Gasteiger partial charge on any atom is -0.494 e. The minimum absolute atomic E-state index is 0.134. The van der Waals surface area contributed by atoms with Crippen LogP contribution in [0.25, 0.3) is 0 Å². The van der Waals surface area contributed by atoms with E-state index >= 15 is 0 Å². The maximum Gasteiger partial charge on any atom is 0.119 e. The first-order chi connectivity index (χ1) is 12.1. The molecule has 25 heavy (non-hydrogen) atoms. The molecule has 0 atom stereocenters. The number of aliphatic hydroxyl groups is 2. The van der Waals surface area contributed by atoms with Gasteiger partial charge in [-0.15, -0.1) is 0 Å². The zero-order valence-corrected chi connectivity index (χ0v) is 14.8. The van der Waals surface area contributed by atoms with Crippen LogP contribution in [0.1, 0.15) is 30.9 Å². The van der Waals surface area contributed by atoms with Gasteiger partial charge in [-0.05, 0) is 42.3 Å². The molecule has 0 aliphatic heterocycles. The van der Waals surface area contributed by atoms with Crippen LogP contribution >= 0.6 is 0 Å². The topological polar surface area (TPSA) is 58.9 Å². The molecule has 2 aromatic carbocycles. The predicted molar refractivity (Wildman–Crippen MR) is 99.1 cm³/mol. The summed E-state index contributed by atoms with van der Waals surface area (Å²) in [6, 6.07) is 15.8. The van der Waals surface area contributed by atoms with Gasteiger partial charge in [0.25, 0.3) is 0 Å². The molecule has 4 heteroatoms. The van der Waals surface area contributed by atoms with Crippen LogP contribution in [0, 0.1) is 6.92 Å². The zero-order chi connectivity index (χ0) is 18.1. The Bertz CT molecular complexity index is 562. The Hall–Kier alpha value is -2.04. The van der Waals surface area contributed by atoms with Gasteiger partial charge in [0.2, 0.25) is 0 Å². The molecule has 0 saturated heterocycles. The number of rotatable bonds is 10. The Morgan fingerprint density at radius 2 is 1.12 bits per heavy atom. The molecule has 0 amide bonds. The van der Waals surface area contributed by atoms with E-state index in [2.05, 4.69) is 13.8 Å². The van der Waals surface area contributed by atoms with Gasteiger partial charge in [-0.25, -0.2) is 0 Å². The monoisotopic (exact) mass is 343 g/mol. The molecule has 0 aromatic heterocycles. The molecule has 0 unspecified atom stereocenters. The standard InChI is InChI=1S/C21H27O4/c1-21(2,17-5-9-19(10-6-17)24-15-3-13-22)18-7-11-20(12-8-18)25-16-4-14-23/h5-12,22-23H,1,3-4,13-16H2,2H3. The maximum atomic E-state index is 8.79. The van der Waals surface area contributed by atoms with Crippen molar-refractivity contribution in [2.45, 2.75) is 25.2 Å². The number of ether oxygens (including phenoxy) is 2. The molecule has 0 fully saturated rings. The van der Waals surface area contributed by atoms with Gasteiger partial charge in [0.05, 0.1) is 13.2 Å². The molecule has 1 radical (unpaired) electrons. The highest BCUT2D eigenvalue weighted by atomic mass is 16.5. The lowest BCUT2D eigenvalue weighted by Crippen LogP contribution is -2.19. The molecule has 2 aromatic rings. The van der Waals surface area contributed by atoms with Gasteiger partial charge < -0.3 is 19.7 Å². The summed E-state index contributed by atoms with van der Waals surface area (Å²) in [5, 5.41) is 17.6. The van der Waals surface area contributed by atoms with Gasteiger partial charge in [-0.1, -0.05) is 31.2 Å². The Morgan fingerprint density at radius 1 is 0.760 bits per heavy atom. The molecule has 0 bridgehead atoms. The Balaban J connectivity index is 2.04. The number of benzene rings is 2. The van der Waals surface area contributed by atoms with Crippen LogP contribution < -0.4 is 9.47 Å². The summed E-state index contributed by atoms with van der Waals surface area (Å²) in [6.45, 7) is 7.74. The van der Waals surface area contributed by atoms with Crippen molar-refractivity contribution in [2.75, 3.05) is 26.4 Å². The average molecular weight is 343 g/mol. The molecule has 0 saturated carbocycles. The average Bonchev–Trinajstić information content (AvgIpc) is 2.63. The number of aliphatic hydroxyl groups excluding tert-OH is 2. The highest BCUT2D eigenvalue weighted by Crippen LogP contribution is 2.33. The molecule has 135 valence electrons. The van der Waals surface area contributed by atoms with Crippen LogP contribution in [-0.2, 0) is 5.41 Å². The fraction of sp³-hybridized carbons (Fsp3) is 0.381. The zero-order valence-electron chi connectivity index (χ0n) is 14.8. The van der Waals surface area contributed by atoms with Crippen molar-refractivity contribution in [1.29, 1.82) is 0 Å². The van der Waals surface area contributed by atoms with E-state index in [-0.39, 0.29) is 18.6 Å². The van der Waals surface area contributed by atoms with Crippen molar-refractivity contribution in [3.63, 3.8) is 0 Å². The van der Waals surface area contributed by atoms with Crippen molar-refractivity contribution in [1.82, 2.24) is 0 Å². The first-order valence-electron chi connectivity index (χ1n) is 8.61. The van der Waals surface area contributed by atoms with Gasteiger partial charge in [0, 0.05) is 31.5 Å². The fourth-order valence-electron chi connectivity index (χ4n) is 2.51. The smallest absolute Gasteiger partial charge is 0.119 e. The van der Waals surface area contributed by atoms with Crippen LogP contribution in [0.2, 0.25) is 0 Å². The molecular weight excluding hydrogens is 316 g/mol. The summed E-state index contributed by atoms with van der Waals surface area (Å²) >= 11 is 0. The van der Waals surface area contributed by atoms with Gasteiger partial charge in [0.1, 0.15) is 11.5 Å². The molecule has 0 aliphatic carbocycles. The predicted octanol–water partition coefficient (Wildman–Crippen LogP) is 3.35. The van der Waals surface area contributed by atoms with Crippen LogP contribution in [0.3, 0.4) is 0 Å². The van der Waals surface area contributed by atoms with Crippen molar-refractivity contribution < 1.29 is 19.7 Å². The molecule has 0 heterocycles. The summed E-state index contributed by atoms with van der Waals surface area (Å²) in [5.41, 5.74) is 1.81. The van der Waals surface area contributed by atoms with Crippen LogP contribution in [0.4, 0.5) is 0 Å². The summed E-state index contributed by atoms with van der Waals surface area (Å²) in [6.07, 6.45) is 1.25. The third-order valence-corrected chi connectivity index (χ3v) is 4.13. The van der Waals surface area contributed by atoms with Crippen molar-refractivity contribution in [3.8, 4) is 11.5 Å². The highest BCUT2D eigenvalue weighted by Gasteiger charge is 2.23. The van der Waals surface area contributed by atoms with E-state index in [9.17, 15) is 0 Å². The number of hydrogen-bond donors (Lipinski definition) is 2. The van der Waals surface area contributed by atoms with Gasteiger partial charge in [-0.2, -0.15) is 0 Å². The summed E-state index contributed by atoms with van der Waals surface area (Å²) in [7, 11) is 0. The lowest BCUT2D eigenvalue weighted by Gasteiger charge is -2.26. The Morgan fingerprint density at radius 3 is 1.44 bits per heavy atom. The van der Waals surface area contributed by atoms with E-state index in [0.29, 0.717) is 26.1 Å². The first-order valence-corrected chi connectivity index (χ1v) is 8.61. The van der Waals surface area contributed by atoms with Crippen molar-refractivity contribution in [2.24, 2.45) is 0 Å². The molecular formula is C21H27O4. The fourth-order valence-corrected chi connectivity index (χ4v) is 2.51. The summed E-state index contributed by atoms with van der Waals surface area (Å²) < 4.78 is 11.1. The maximum absolute atomic E-state index is 8.79. The van der Waals surface area contributed by atoms with E-state index in [4.69, 9.17) is 19.7 Å². The Labute approximate surface area is 150 Å². The van der Waals surface area contributed by atoms with E-state index in [1.165, 1.54) is 0 Å². The number of hydrogen-bond acceptors (Lipinski definition) is 4.